The minimum atomic E-state index is -4.94. The summed E-state index contributed by atoms with van der Waals surface area (Å²) in [5.41, 5.74) is -2.65. The molecule has 0 spiro atoms. The number of halogens is 4. The molecule has 0 aliphatic carbocycles. The third-order valence-electron chi connectivity index (χ3n) is 16.2. The Morgan fingerprint density at radius 3 is 2.20 bits per heavy atom. The van der Waals surface area contributed by atoms with E-state index in [2.05, 4.69) is 11.0 Å². The average Bonchev–Trinajstić information content (AvgIpc) is 3.83. The van der Waals surface area contributed by atoms with E-state index in [1.165, 1.54) is 38.3 Å². The molecule has 7 N–H and O–H groups in total. The number of methoxy groups -OCH3 is 2. The van der Waals surface area contributed by atoms with E-state index in [1.807, 2.05) is 30.7 Å². The Morgan fingerprint density at radius 1 is 0.974 bits per heavy atom. The van der Waals surface area contributed by atoms with Crippen LogP contribution in [0.25, 0.3) is 0 Å². The van der Waals surface area contributed by atoms with Crippen molar-refractivity contribution in [2.75, 3.05) is 48.1 Å². The standard InChI is InChI=1S/C52H87F4N5O14S/c1-15-39-51(10,67)44(63)32(6)60(12)26-28(2)23-49(8,66)46(30(4)42(31(5)47(65)73-39)74-40-24-50(9,70-14)45(64)33(7)72-40)75-48-41(62)37(22-29(3)71-48)59(11)21-20-35-27-61(58-57-35)38(25-53)43(69-13)34-16-18-36(19-17-34)76(68)52(54,55)56/h16-19,27-33,37-46,48,57-58,62-64,66-67H,15,20-26H2,1-14H3/t28-,29-,30+,31-,32-,33+,37+,38-,39-,40+,41-,42+,43-,44-,45+,46-,48+,49-,50-,51-,76?/m1/s1. The fourth-order valence-electron chi connectivity index (χ4n) is 11.5. The van der Waals surface area contributed by atoms with Gasteiger partial charge in [-0.1, -0.05) is 32.9 Å². The van der Waals surface area contributed by atoms with Crippen LogP contribution in [0.1, 0.15) is 113 Å². The van der Waals surface area contributed by atoms with Gasteiger partial charge in [-0.15, -0.1) is 5.53 Å². The number of nitrogens with one attached hydrogen (secondary N) is 2. The molecule has 3 fully saturated rings. The summed E-state index contributed by atoms with van der Waals surface area (Å²) in [6.45, 7) is 16.9. The Labute approximate surface area is 448 Å². The van der Waals surface area contributed by atoms with Gasteiger partial charge >= 0.3 is 11.5 Å². The summed E-state index contributed by atoms with van der Waals surface area (Å²) in [5, 5.41) is 61.2. The molecule has 0 amide bonds. The predicted molar refractivity (Wildman–Crippen MR) is 272 cm³/mol. The molecule has 0 bridgehead atoms. The lowest BCUT2D eigenvalue weighted by Crippen LogP contribution is -2.61. The van der Waals surface area contributed by atoms with Crippen LogP contribution in [-0.2, 0) is 48.8 Å². The number of hydrogen-bond donors (Lipinski definition) is 7. The van der Waals surface area contributed by atoms with Gasteiger partial charge in [0.1, 0.15) is 48.8 Å². The van der Waals surface area contributed by atoms with Crippen molar-refractivity contribution in [2.24, 2.45) is 17.8 Å². The van der Waals surface area contributed by atoms with Crippen molar-refractivity contribution >= 4 is 16.8 Å². The Bertz CT molecular complexity index is 2080. The largest absolute Gasteiger partial charge is 0.475 e. The van der Waals surface area contributed by atoms with Crippen molar-refractivity contribution in [1.82, 2.24) is 25.8 Å². The highest BCUT2D eigenvalue weighted by Crippen LogP contribution is 2.41. The van der Waals surface area contributed by atoms with Crippen LogP contribution in [0.4, 0.5) is 17.6 Å². The molecule has 3 saturated heterocycles. The minimum absolute atomic E-state index is 0.0541. The fraction of sp³-hybridized carbons (Fsp3) is 0.827. The van der Waals surface area contributed by atoms with Crippen molar-refractivity contribution in [1.29, 1.82) is 0 Å². The zero-order chi connectivity index (χ0) is 57.0. The van der Waals surface area contributed by atoms with E-state index < -0.39 is 148 Å². The maximum atomic E-state index is 14.8. The lowest BCUT2D eigenvalue weighted by atomic mass is 9.77. The Balaban J connectivity index is 1.42. The number of hydrogen-bond acceptors (Lipinski definition) is 19. The van der Waals surface area contributed by atoms with Gasteiger partial charge in [-0.2, -0.15) is 13.2 Å². The van der Waals surface area contributed by atoms with Crippen molar-refractivity contribution in [3.8, 4) is 0 Å². The number of ether oxygens (including phenoxy) is 7. The zero-order valence-electron chi connectivity index (χ0n) is 46.5. The van der Waals surface area contributed by atoms with Crippen LogP contribution in [0.15, 0.2) is 41.1 Å². The third kappa shape index (κ3) is 14.8. The van der Waals surface area contributed by atoms with Crippen LogP contribution in [0.2, 0.25) is 0 Å². The van der Waals surface area contributed by atoms with E-state index in [-0.39, 0.29) is 25.2 Å². The van der Waals surface area contributed by atoms with Crippen molar-refractivity contribution in [2.45, 2.75) is 214 Å². The highest BCUT2D eigenvalue weighted by atomic mass is 32.2. The number of cyclic esters (lactones) is 1. The molecule has 19 nitrogen and oxygen atoms in total. The number of alkyl halides is 4. The van der Waals surface area contributed by atoms with Crippen LogP contribution in [0, 0.1) is 17.8 Å². The second-order valence-electron chi connectivity index (χ2n) is 22.4. The summed E-state index contributed by atoms with van der Waals surface area (Å²) in [6.07, 6.45) is -8.91. The number of rotatable bonds is 16. The second kappa shape index (κ2) is 26.3. The number of benzene rings is 1. The Kier molecular flexibility index (Phi) is 22.2. The van der Waals surface area contributed by atoms with E-state index in [9.17, 15) is 52.1 Å². The molecule has 1 aromatic carbocycles. The highest BCUT2D eigenvalue weighted by Gasteiger charge is 2.53. The van der Waals surface area contributed by atoms with E-state index in [0.29, 0.717) is 37.2 Å². The quantitative estimate of drug-likeness (QED) is 0.0909. The predicted octanol–water partition coefficient (Wildman–Crippen LogP) is 4.18. The van der Waals surface area contributed by atoms with E-state index in [4.69, 9.17) is 33.2 Å². The molecule has 4 heterocycles. The maximum Gasteiger partial charge on any atom is 0.475 e. The first-order chi connectivity index (χ1) is 35.3. The van der Waals surface area contributed by atoms with Gasteiger partial charge in [0.25, 0.3) is 0 Å². The average molecular weight is 1110 g/mol. The lowest BCUT2D eigenvalue weighted by molar-refractivity contribution is -0.318. The molecule has 0 aromatic heterocycles. The van der Waals surface area contributed by atoms with E-state index in [1.54, 1.807) is 61.7 Å². The minimum Gasteiger partial charge on any atom is -0.459 e. The van der Waals surface area contributed by atoms with Gasteiger partial charge in [0.15, 0.2) is 23.4 Å². The summed E-state index contributed by atoms with van der Waals surface area (Å²) >= 11 is 0. The zero-order valence-corrected chi connectivity index (χ0v) is 47.3. The van der Waals surface area contributed by atoms with Gasteiger partial charge in [0, 0.05) is 74.9 Å². The number of carbonyl (C=O) groups excluding carboxylic acids is 1. The number of esters is 1. The van der Waals surface area contributed by atoms with Crippen molar-refractivity contribution in [3.63, 3.8) is 0 Å². The molecule has 1 aromatic rings. The van der Waals surface area contributed by atoms with Gasteiger partial charge in [-0.05, 0) is 105 Å². The molecule has 438 valence electrons. The van der Waals surface area contributed by atoms with Crippen molar-refractivity contribution < 1.29 is 85.3 Å². The topological polar surface area (TPSA) is 234 Å². The molecule has 0 saturated carbocycles. The van der Waals surface area contributed by atoms with Gasteiger partial charge in [-0.3, -0.25) is 9.80 Å². The maximum absolute atomic E-state index is 14.8. The van der Waals surface area contributed by atoms with E-state index >= 15 is 0 Å². The van der Waals surface area contributed by atoms with Gasteiger partial charge in [0.2, 0.25) is 0 Å². The Hall–Kier alpha value is -2.66. The number of carbonyl (C=O) groups is 1. The highest BCUT2D eigenvalue weighted by molar-refractivity contribution is 7.86. The molecular weight excluding hydrogens is 1030 g/mol. The lowest BCUT2D eigenvalue weighted by Gasteiger charge is -2.49. The summed E-state index contributed by atoms with van der Waals surface area (Å²) < 4.78 is 110. The molecule has 4 aliphatic heterocycles. The second-order valence-corrected chi connectivity index (χ2v) is 23.9. The van der Waals surface area contributed by atoms with Crippen LogP contribution >= 0.6 is 0 Å². The van der Waals surface area contributed by atoms with Crippen LogP contribution in [0.5, 0.6) is 0 Å². The summed E-state index contributed by atoms with van der Waals surface area (Å²) in [5.74, 6) is -3.02. The molecule has 5 rings (SSSR count). The van der Waals surface area contributed by atoms with E-state index in [0.717, 1.165) is 12.1 Å². The molecule has 4 aliphatic rings. The van der Waals surface area contributed by atoms with Gasteiger partial charge in [0.05, 0.1) is 41.5 Å². The van der Waals surface area contributed by atoms with Crippen molar-refractivity contribution in [3.05, 3.63) is 41.7 Å². The fourth-order valence-corrected chi connectivity index (χ4v) is 12.2. The number of aliphatic hydroxyl groups is 5. The molecule has 24 heteroatoms. The summed E-state index contributed by atoms with van der Waals surface area (Å²) in [7, 11) is 3.22. The number of aliphatic hydroxyl groups excluding tert-OH is 3. The first-order valence-corrected chi connectivity index (χ1v) is 27.4. The van der Waals surface area contributed by atoms with Crippen LogP contribution in [0.3, 0.4) is 0 Å². The molecular formula is C52H87F4N5O14S. The monoisotopic (exact) mass is 1110 g/mol. The molecule has 76 heavy (non-hydrogen) atoms. The normalized spacial score (nSPS) is 40.1. The molecule has 1 unspecified atom stereocenters. The first-order valence-electron chi connectivity index (χ1n) is 26.3. The smallest absolute Gasteiger partial charge is 0.459 e. The van der Waals surface area contributed by atoms with Gasteiger partial charge in [-0.25, -0.2) is 8.60 Å². The third-order valence-corrected chi connectivity index (χ3v) is 17.4. The number of nitrogens with zero attached hydrogens (tertiary/aromatic N) is 3. The SMILES string of the molecule is CC[C@H]1OC(=O)[C@H](C)[C@@H](O[C@H]2C[C@@](C)(OC)[C@@H](O)[C@H](C)O2)[C@H](C)[C@@H](O[C@@H]2O[C@H](C)C[C@H](N(C)CCC3=CN([C@H](CF)[C@H](OC)c4ccc(S(=O)C(F)(F)F)cc4)NN3)[C@H]2O)[C@](C)(O)C[C@@H](C)CN(C)[C@H](C)[C@@H](O)[C@]1(C)O. The number of likely N-dealkylation sites (N-methyl/N-ethyl adjacent to an activating group) is 2. The first kappa shape index (κ1) is 64.2. The molecule has 21 atom stereocenters. The summed E-state index contributed by atoms with van der Waals surface area (Å²) in [4.78, 5) is 17.9. The molecule has 0 radical (unpaired) electrons. The van der Waals surface area contributed by atoms with Crippen LogP contribution < -0.4 is 11.0 Å². The number of hydrazine groups is 2. The van der Waals surface area contributed by atoms with Gasteiger partial charge < -0.3 is 73.9 Å². The summed E-state index contributed by atoms with van der Waals surface area (Å²) in [6, 6.07) is 2.65. The van der Waals surface area contributed by atoms with Crippen LogP contribution in [-0.4, -0.2) is 200 Å². The Morgan fingerprint density at radius 2 is 1.62 bits per heavy atom.